The zero-order valence-corrected chi connectivity index (χ0v) is 18.2. The Labute approximate surface area is 194 Å². The molecule has 3 aromatic carbocycles. The normalized spacial score (nSPS) is 11.4. The molecule has 0 saturated carbocycles. The molecule has 0 unspecified atom stereocenters. The lowest BCUT2D eigenvalue weighted by Crippen LogP contribution is -2.31. The third kappa shape index (κ3) is 5.73. The Bertz CT molecular complexity index is 1260. The van der Waals surface area contributed by atoms with Crippen LogP contribution in [0.25, 0.3) is 0 Å². The molecule has 1 aromatic heterocycles. The fraction of sp³-hybridized carbons (Fsp3) is 0.148. The van der Waals surface area contributed by atoms with Crippen molar-refractivity contribution in [3.63, 3.8) is 0 Å². The van der Waals surface area contributed by atoms with E-state index in [1.807, 2.05) is 59.3 Å². The van der Waals surface area contributed by atoms with Crippen LogP contribution >= 0.6 is 0 Å². The number of alkyl halides is 3. The first-order valence-corrected chi connectivity index (χ1v) is 10.7. The van der Waals surface area contributed by atoms with Crippen molar-refractivity contribution in [2.75, 3.05) is 0 Å². The second kappa shape index (κ2) is 9.95. The third-order valence-electron chi connectivity index (χ3n) is 5.46. The Morgan fingerprint density at radius 3 is 2.26 bits per heavy atom. The van der Waals surface area contributed by atoms with Crippen LogP contribution in [0.3, 0.4) is 0 Å². The third-order valence-corrected chi connectivity index (χ3v) is 5.46. The van der Waals surface area contributed by atoms with Crippen molar-refractivity contribution in [3.8, 4) is 0 Å². The highest BCUT2D eigenvalue weighted by Gasteiger charge is 2.31. The van der Waals surface area contributed by atoms with Gasteiger partial charge in [-0.2, -0.15) is 13.2 Å². The molecule has 0 radical (unpaired) electrons. The summed E-state index contributed by atoms with van der Waals surface area (Å²) in [4.78, 5) is 14.9. The van der Waals surface area contributed by atoms with E-state index >= 15 is 0 Å². The van der Waals surface area contributed by atoms with Gasteiger partial charge >= 0.3 is 6.18 Å². The number of aromatic nitrogens is 1. The summed E-state index contributed by atoms with van der Waals surface area (Å²) in [6.07, 6.45) is -2.71. The highest BCUT2D eigenvalue weighted by molar-refractivity contribution is 5.94. The number of rotatable bonds is 7. The number of carbonyl (C=O) groups is 1. The molecule has 0 saturated heterocycles. The van der Waals surface area contributed by atoms with E-state index in [4.69, 9.17) is 0 Å². The number of halogens is 4. The Morgan fingerprint density at radius 1 is 0.794 bits per heavy atom. The monoisotopic (exact) mass is 466 g/mol. The summed E-state index contributed by atoms with van der Waals surface area (Å²) in [6, 6.07) is 23.6. The van der Waals surface area contributed by atoms with Gasteiger partial charge in [-0.15, -0.1) is 0 Å². The zero-order valence-electron chi connectivity index (χ0n) is 18.2. The molecule has 0 bridgehead atoms. The fourth-order valence-corrected chi connectivity index (χ4v) is 3.79. The van der Waals surface area contributed by atoms with E-state index in [1.54, 1.807) is 6.07 Å². The summed E-state index contributed by atoms with van der Waals surface area (Å²) in [7, 11) is 0. The van der Waals surface area contributed by atoms with Gasteiger partial charge < -0.3 is 9.47 Å². The molecule has 174 valence electrons. The van der Waals surface area contributed by atoms with Gasteiger partial charge in [0.1, 0.15) is 5.82 Å². The Kier molecular flexibility index (Phi) is 6.82. The first kappa shape index (κ1) is 23.3. The molecule has 1 heterocycles. The predicted molar refractivity (Wildman–Crippen MR) is 121 cm³/mol. The largest absolute Gasteiger partial charge is 0.416 e. The van der Waals surface area contributed by atoms with Crippen LogP contribution < -0.4 is 0 Å². The Balaban J connectivity index is 1.63. The van der Waals surface area contributed by atoms with E-state index in [1.165, 1.54) is 29.2 Å². The van der Waals surface area contributed by atoms with E-state index in [2.05, 4.69) is 0 Å². The van der Waals surface area contributed by atoms with Crippen molar-refractivity contribution in [2.24, 2.45) is 0 Å². The second-order valence-electron chi connectivity index (χ2n) is 7.98. The average Bonchev–Trinajstić information content (AvgIpc) is 3.25. The van der Waals surface area contributed by atoms with E-state index in [9.17, 15) is 22.4 Å². The summed E-state index contributed by atoms with van der Waals surface area (Å²) >= 11 is 0. The minimum Gasteiger partial charge on any atom is -0.345 e. The van der Waals surface area contributed by atoms with Gasteiger partial charge in [-0.25, -0.2) is 4.39 Å². The quantitative estimate of drug-likeness (QED) is 0.284. The van der Waals surface area contributed by atoms with E-state index in [-0.39, 0.29) is 24.5 Å². The van der Waals surface area contributed by atoms with Crippen molar-refractivity contribution in [1.29, 1.82) is 0 Å². The van der Waals surface area contributed by atoms with Gasteiger partial charge in [0.15, 0.2) is 0 Å². The van der Waals surface area contributed by atoms with Crippen molar-refractivity contribution in [1.82, 2.24) is 9.47 Å². The fourth-order valence-electron chi connectivity index (χ4n) is 3.79. The van der Waals surface area contributed by atoms with Crippen LogP contribution in [0.5, 0.6) is 0 Å². The van der Waals surface area contributed by atoms with Crippen molar-refractivity contribution < 1.29 is 22.4 Å². The summed E-state index contributed by atoms with van der Waals surface area (Å²) in [5, 5.41) is 0. The van der Waals surface area contributed by atoms with Crippen LogP contribution in [0.4, 0.5) is 17.6 Å². The molecule has 4 rings (SSSR count). The highest BCUT2D eigenvalue weighted by atomic mass is 19.4. The van der Waals surface area contributed by atoms with Crippen LogP contribution in [0.15, 0.2) is 97.2 Å². The maximum absolute atomic E-state index is 13.6. The van der Waals surface area contributed by atoms with Crippen LogP contribution in [0, 0.1) is 5.82 Å². The van der Waals surface area contributed by atoms with Crippen LogP contribution in [0.1, 0.15) is 32.7 Å². The topological polar surface area (TPSA) is 25.2 Å². The van der Waals surface area contributed by atoms with Gasteiger partial charge in [-0.05, 0) is 53.6 Å². The summed E-state index contributed by atoms with van der Waals surface area (Å²) < 4.78 is 55.2. The molecule has 0 fully saturated rings. The molecule has 1 amide bonds. The van der Waals surface area contributed by atoms with Crippen LogP contribution in [0.2, 0.25) is 0 Å². The molecule has 0 aliphatic carbocycles. The molecule has 0 atom stereocenters. The molecule has 0 N–H and O–H groups in total. The number of benzene rings is 3. The molecule has 0 aliphatic rings. The first-order chi connectivity index (χ1) is 16.3. The highest BCUT2D eigenvalue weighted by Crippen LogP contribution is 2.30. The molecular formula is C27H22F4N2O. The maximum Gasteiger partial charge on any atom is 0.416 e. The Hall–Kier alpha value is -3.87. The number of carbonyl (C=O) groups excluding carboxylic acids is 1. The average molecular weight is 466 g/mol. The number of nitrogens with zero attached hydrogens (tertiary/aromatic N) is 2. The standard InChI is InChI=1S/C27H22F4N2O/c28-24-12-4-9-21(15-24)18-32-14-6-13-25(32)19-33(17-20-7-2-1-3-8-20)26(34)22-10-5-11-23(16-22)27(29,30)31/h1-16H,17-19H2. The number of hydrogen-bond acceptors (Lipinski definition) is 1. The zero-order chi connectivity index (χ0) is 24.1. The van der Waals surface area contributed by atoms with Crippen molar-refractivity contribution >= 4 is 5.91 Å². The van der Waals surface area contributed by atoms with Gasteiger partial charge in [0.05, 0.1) is 12.1 Å². The minimum atomic E-state index is -4.54. The smallest absolute Gasteiger partial charge is 0.345 e. The molecule has 0 aliphatic heterocycles. The number of hydrogen-bond donors (Lipinski definition) is 0. The SMILES string of the molecule is O=C(c1cccc(C(F)(F)F)c1)N(Cc1ccccc1)Cc1cccn1Cc1cccc(F)c1. The molecule has 3 nitrogen and oxygen atoms in total. The molecule has 4 aromatic rings. The molecule has 0 spiro atoms. The molecule has 34 heavy (non-hydrogen) atoms. The van der Waals surface area contributed by atoms with E-state index in [0.717, 1.165) is 29.0 Å². The van der Waals surface area contributed by atoms with Gasteiger partial charge in [0.2, 0.25) is 0 Å². The van der Waals surface area contributed by atoms with Crippen molar-refractivity contribution in [2.45, 2.75) is 25.8 Å². The van der Waals surface area contributed by atoms with Gasteiger partial charge in [0.25, 0.3) is 5.91 Å². The molecule has 7 heteroatoms. The lowest BCUT2D eigenvalue weighted by atomic mass is 10.1. The lowest BCUT2D eigenvalue weighted by Gasteiger charge is -2.24. The van der Waals surface area contributed by atoms with E-state index < -0.39 is 17.6 Å². The van der Waals surface area contributed by atoms with Crippen LogP contribution in [-0.2, 0) is 25.8 Å². The maximum atomic E-state index is 13.6. The van der Waals surface area contributed by atoms with Gasteiger partial charge in [-0.1, -0.05) is 48.5 Å². The summed E-state index contributed by atoms with van der Waals surface area (Å²) in [5.41, 5.74) is 1.49. The predicted octanol–water partition coefficient (Wildman–Crippen LogP) is 6.54. The van der Waals surface area contributed by atoms with E-state index in [0.29, 0.717) is 6.54 Å². The summed E-state index contributed by atoms with van der Waals surface area (Å²) in [6.45, 7) is 0.796. The van der Waals surface area contributed by atoms with Crippen molar-refractivity contribution in [3.05, 3.63) is 131 Å². The Morgan fingerprint density at radius 2 is 1.53 bits per heavy atom. The molecular weight excluding hydrogens is 444 g/mol. The first-order valence-electron chi connectivity index (χ1n) is 10.7. The second-order valence-corrected chi connectivity index (χ2v) is 7.98. The van der Waals surface area contributed by atoms with Gasteiger partial charge in [-0.3, -0.25) is 4.79 Å². The minimum absolute atomic E-state index is 0.0333. The van der Waals surface area contributed by atoms with Gasteiger partial charge in [0, 0.05) is 30.5 Å². The summed E-state index contributed by atoms with van der Waals surface area (Å²) in [5.74, 6) is -0.843. The lowest BCUT2D eigenvalue weighted by molar-refractivity contribution is -0.137. The van der Waals surface area contributed by atoms with Crippen LogP contribution in [-0.4, -0.2) is 15.4 Å². The number of amides is 1.